The van der Waals surface area contributed by atoms with Gasteiger partial charge in [-0.05, 0) is 18.1 Å². The predicted octanol–water partition coefficient (Wildman–Crippen LogP) is -0.182. The van der Waals surface area contributed by atoms with Crippen molar-refractivity contribution in [2.75, 3.05) is 17.6 Å². The van der Waals surface area contributed by atoms with Gasteiger partial charge in [0.25, 0.3) is 0 Å². The topological polar surface area (TPSA) is 101 Å². The monoisotopic (exact) mass is 283 g/mol. The maximum absolute atomic E-state index is 11.9. The number of nitrogens with one attached hydrogen (secondary N) is 2. The molecule has 6 nitrogen and oxygen atoms in total. The third kappa shape index (κ3) is 3.93. The van der Waals surface area contributed by atoms with Crippen molar-refractivity contribution in [1.82, 2.24) is 5.32 Å². The van der Waals surface area contributed by atoms with Gasteiger partial charge in [-0.1, -0.05) is 18.2 Å². The molecule has 1 aromatic carbocycles. The van der Waals surface area contributed by atoms with Crippen molar-refractivity contribution in [1.29, 1.82) is 0 Å². The van der Waals surface area contributed by atoms with E-state index in [2.05, 4.69) is 10.6 Å². The maximum atomic E-state index is 11.9. The SMILES string of the molecule is NS(=O)(=O)CCCNC(=O)C1Cc2ccccc2N1. The average Bonchev–Trinajstić information content (AvgIpc) is 2.77. The summed E-state index contributed by atoms with van der Waals surface area (Å²) in [7, 11) is -3.45. The summed E-state index contributed by atoms with van der Waals surface area (Å²) in [5, 5.41) is 10.7. The lowest BCUT2D eigenvalue weighted by Gasteiger charge is -2.11. The molecule has 1 amide bonds. The van der Waals surface area contributed by atoms with Crippen LogP contribution in [0, 0.1) is 0 Å². The fourth-order valence-corrected chi connectivity index (χ4v) is 2.61. The van der Waals surface area contributed by atoms with Crippen LogP contribution in [0.4, 0.5) is 5.69 Å². The van der Waals surface area contributed by atoms with Crippen molar-refractivity contribution in [2.24, 2.45) is 5.14 Å². The molecule has 0 aliphatic carbocycles. The van der Waals surface area contributed by atoms with E-state index in [9.17, 15) is 13.2 Å². The summed E-state index contributed by atoms with van der Waals surface area (Å²) < 4.78 is 21.5. The van der Waals surface area contributed by atoms with E-state index in [1.165, 1.54) is 0 Å². The summed E-state index contributed by atoms with van der Waals surface area (Å²) in [5.41, 5.74) is 2.10. The first-order valence-electron chi connectivity index (χ1n) is 6.08. The van der Waals surface area contributed by atoms with Crippen molar-refractivity contribution >= 4 is 21.6 Å². The highest BCUT2D eigenvalue weighted by Crippen LogP contribution is 2.24. The van der Waals surface area contributed by atoms with Gasteiger partial charge in [0, 0.05) is 18.7 Å². The molecule has 1 heterocycles. The van der Waals surface area contributed by atoms with Crippen molar-refractivity contribution in [3.05, 3.63) is 29.8 Å². The Morgan fingerprint density at radius 1 is 1.42 bits per heavy atom. The summed E-state index contributed by atoms with van der Waals surface area (Å²) in [6.45, 7) is 0.309. The zero-order chi connectivity index (χ0) is 13.9. The molecule has 19 heavy (non-hydrogen) atoms. The molecule has 0 radical (unpaired) electrons. The molecular weight excluding hydrogens is 266 g/mol. The molecule has 104 valence electrons. The Morgan fingerprint density at radius 3 is 2.84 bits per heavy atom. The highest BCUT2D eigenvalue weighted by molar-refractivity contribution is 7.89. The molecule has 1 aliphatic heterocycles. The number of nitrogens with two attached hydrogens (primary N) is 1. The zero-order valence-corrected chi connectivity index (χ0v) is 11.2. The second-order valence-electron chi connectivity index (χ2n) is 4.57. The number of para-hydroxylation sites is 1. The Morgan fingerprint density at radius 2 is 2.16 bits per heavy atom. The minimum absolute atomic E-state index is 0.119. The Bertz CT molecular complexity index is 546. The van der Waals surface area contributed by atoms with Crippen LogP contribution < -0.4 is 15.8 Å². The summed E-state index contributed by atoms with van der Waals surface area (Å²) in [4.78, 5) is 11.9. The molecule has 2 rings (SSSR count). The zero-order valence-electron chi connectivity index (χ0n) is 10.4. The van der Waals surface area contributed by atoms with E-state index in [4.69, 9.17) is 5.14 Å². The number of carbonyl (C=O) groups is 1. The number of amides is 1. The highest BCUT2D eigenvalue weighted by Gasteiger charge is 2.25. The lowest BCUT2D eigenvalue weighted by atomic mass is 10.1. The number of sulfonamides is 1. The van der Waals surface area contributed by atoms with E-state index >= 15 is 0 Å². The Balaban J connectivity index is 1.77. The van der Waals surface area contributed by atoms with Crippen molar-refractivity contribution in [2.45, 2.75) is 18.9 Å². The quantitative estimate of drug-likeness (QED) is 0.652. The highest BCUT2D eigenvalue weighted by atomic mass is 32.2. The molecule has 4 N–H and O–H groups in total. The molecule has 7 heteroatoms. The summed E-state index contributed by atoms with van der Waals surface area (Å²) in [6.07, 6.45) is 0.974. The molecule has 0 aromatic heterocycles. The predicted molar refractivity (Wildman–Crippen MR) is 73.2 cm³/mol. The molecule has 0 saturated carbocycles. The van der Waals surface area contributed by atoms with Crippen molar-refractivity contribution in [3.63, 3.8) is 0 Å². The van der Waals surface area contributed by atoms with E-state index in [0.29, 0.717) is 19.4 Å². The third-order valence-electron chi connectivity index (χ3n) is 2.99. The van der Waals surface area contributed by atoms with E-state index < -0.39 is 10.0 Å². The van der Waals surface area contributed by atoms with Gasteiger partial charge in [-0.15, -0.1) is 0 Å². The molecule has 0 fully saturated rings. The van der Waals surface area contributed by atoms with Crippen LogP contribution >= 0.6 is 0 Å². The normalized spacial score (nSPS) is 17.6. The molecule has 1 aliphatic rings. The first kappa shape index (κ1) is 13.8. The molecule has 1 aromatic rings. The Hall–Kier alpha value is -1.60. The van der Waals surface area contributed by atoms with E-state index in [-0.39, 0.29) is 17.7 Å². The molecule has 0 spiro atoms. The summed E-state index contributed by atoms with van der Waals surface area (Å²) in [5.74, 6) is -0.239. The summed E-state index contributed by atoms with van der Waals surface area (Å²) in [6, 6.07) is 7.48. The Labute approximate surface area is 112 Å². The van der Waals surface area contributed by atoms with Crippen molar-refractivity contribution in [3.8, 4) is 0 Å². The van der Waals surface area contributed by atoms with Crippen LogP contribution in [-0.2, 0) is 21.2 Å². The fraction of sp³-hybridized carbons (Fsp3) is 0.417. The number of benzene rings is 1. The number of carbonyl (C=O) groups excluding carboxylic acids is 1. The van der Waals surface area contributed by atoms with Crippen LogP contribution in [0.5, 0.6) is 0 Å². The second-order valence-corrected chi connectivity index (χ2v) is 6.30. The van der Waals surface area contributed by atoms with Crippen LogP contribution in [0.1, 0.15) is 12.0 Å². The fourth-order valence-electron chi connectivity index (χ4n) is 2.06. The van der Waals surface area contributed by atoms with Gasteiger partial charge in [-0.3, -0.25) is 4.79 Å². The minimum Gasteiger partial charge on any atom is -0.373 e. The smallest absolute Gasteiger partial charge is 0.242 e. The molecule has 0 saturated heterocycles. The number of primary sulfonamides is 1. The van der Waals surface area contributed by atoms with Crippen LogP contribution in [0.25, 0.3) is 0 Å². The number of hydrogen-bond donors (Lipinski definition) is 3. The van der Waals surface area contributed by atoms with Crippen molar-refractivity contribution < 1.29 is 13.2 Å². The third-order valence-corrected chi connectivity index (χ3v) is 3.85. The first-order chi connectivity index (χ1) is 8.96. The first-order valence-corrected chi connectivity index (χ1v) is 7.80. The molecular formula is C12H17N3O3S. The van der Waals surface area contributed by atoms with E-state index in [0.717, 1.165) is 11.3 Å². The van der Waals surface area contributed by atoms with Gasteiger partial charge in [-0.2, -0.15) is 0 Å². The lowest BCUT2D eigenvalue weighted by Crippen LogP contribution is -2.39. The molecule has 1 unspecified atom stereocenters. The standard InChI is InChI=1S/C12H17N3O3S/c13-19(17,18)7-3-6-14-12(16)11-8-9-4-1-2-5-10(9)15-11/h1-2,4-5,11,15H,3,6-8H2,(H,14,16)(H2,13,17,18). The van der Waals surface area contributed by atoms with Crippen LogP contribution in [0.3, 0.4) is 0 Å². The van der Waals surface area contributed by atoms with E-state index in [1.54, 1.807) is 0 Å². The van der Waals surface area contributed by atoms with Gasteiger partial charge in [0.15, 0.2) is 0 Å². The minimum atomic E-state index is -3.45. The largest absolute Gasteiger partial charge is 0.373 e. The molecule has 1 atom stereocenters. The number of fused-ring (bicyclic) bond motifs is 1. The van der Waals surface area contributed by atoms with Gasteiger partial charge < -0.3 is 10.6 Å². The average molecular weight is 283 g/mol. The van der Waals surface area contributed by atoms with Gasteiger partial charge in [0.05, 0.1) is 5.75 Å². The van der Waals surface area contributed by atoms with Gasteiger partial charge >= 0.3 is 0 Å². The Kier molecular flexibility index (Phi) is 4.06. The van der Waals surface area contributed by atoms with Crippen LogP contribution in [-0.4, -0.2) is 32.7 Å². The van der Waals surface area contributed by atoms with Gasteiger partial charge in [-0.25, -0.2) is 13.6 Å². The van der Waals surface area contributed by atoms with Crippen LogP contribution in [0.15, 0.2) is 24.3 Å². The maximum Gasteiger partial charge on any atom is 0.242 e. The molecule has 0 bridgehead atoms. The van der Waals surface area contributed by atoms with Gasteiger partial charge in [0.1, 0.15) is 6.04 Å². The summed E-state index contributed by atoms with van der Waals surface area (Å²) >= 11 is 0. The lowest BCUT2D eigenvalue weighted by molar-refractivity contribution is -0.121. The number of rotatable bonds is 5. The van der Waals surface area contributed by atoms with Crippen LogP contribution in [0.2, 0.25) is 0 Å². The number of hydrogen-bond acceptors (Lipinski definition) is 4. The van der Waals surface area contributed by atoms with E-state index in [1.807, 2.05) is 24.3 Å². The van der Waals surface area contributed by atoms with Gasteiger partial charge in [0.2, 0.25) is 15.9 Å². The number of anilines is 1. The second kappa shape index (κ2) is 5.58.